The fourth-order valence-electron chi connectivity index (χ4n) is 1.39. The van der Waals surface area contributed by atoms with E-state index < -0.39 is 0 Å². The Hall–Kier alpha value is -1.13. The quantitative estimate of drug-likeness (QED) is 0.624. The first-order chi connectivity index (χ1) is 8.20. The van der Waals surface area contributed by atoms with E-state index >= 15 is 0 Å². The Balaban J connectivity index is 2.16. The summed E-state index contributed by atoms with van der Waals surface area (Å²) >= 11 is 4.78. The van der Waals surface area contributed by atoms with Crippen molar-refractivity contribution in [2.24, 2.45) is 0 Å². The van der Waals surface area contributed by atoms with Crippen molar-refractivity contribution in [1.29, 1.82) is 0 Å². The van der Waals surface area contributed by atoms with E-state index in [-0.39, 0.29) is 5.97 Å². The minimum atomic E-state index is -0.315. The highest BCUT2D eigenvalue weighted by Crippen LogP contribution is 2.27. The summed E-state index contributed by atoms with van der Waals surface area (Å²) in [4.78, 5) is 12.4. The summed E-state index contributed by atoms with van der Waals surface area (Å²) in [6.45, 7) is 2.08. The molecule has 0 spiro atoms. The lowest BCUT2D eigenvalue weighted by Gasteiger charge is -2.06. The molecule has 0 saturated heterocycles. The van der Waals surface area contributed by atoms with Crippen LogP contribution in [0.2, 0.25) is 0 Å². The molecule has 17 heavy (non-hydrogen) atoms. The Labute approximate surface area is 112 Å². The summed E-state index contributed by atoms with van der Waals surface area (Å²) in [6, 6.07) is 9.32. The summed E-state index contributed by atoms with van der Waals surface area (Å²) < 4.78 is 6.12. The van der Waals surface area contributed by atoms with Crippen molar-refractivity contribution < 1.29 is 9.53 Å². The van der Waals surface area contributed by atoms with Crippen molar-refractivity contribution in [3.05, 3.63) is 50.6 Å². The van der Waals surface area contributed by atoms with E-state index in [0.29, 0.717) is 10.6 Å². The van der Waals surface area contributed by atoms with Gasteiger partial charge in [0.05, 0.1) is 4.47 Å². The molecule has 0 aliphatic carbocycles. The first-order valence-corrected chi connectivity index (χ1v) is 6.92. The molecule has 1 aromatic heterocycles. The van der Waals surface area contributed by atoms with E-state index in [1.807, 2.05) is 29.6 Å². The number of benzene rings is 1. The lowest BCUT2D eigenvalue weighted by atomic mass is 10.2. The van der Waals surface area contributed by atoms with Crippen LogP contribution in [0.15, 0.2) is 40.2 Å². The average molecular weight is 311 g/mol. The maximum Gasteiger partial charge on any atom is 0.353 e. The molecule has 0 unspecified atom stereocenters. The van der Waals surface area contributed by atoms with Gasteiger partial charge >= 0.3 is 5.97 Å². The highest BCUT2D eigenvalue weighted by molar-refractivity contribution is 9.10. The second-order valence-electron chi connectivity index (χ2n) is 3.49. The molecule has 0 amide bonds. The summed E-state index contributed by atoms with van der Waals surface area (Å²) in [6.07, 6.45) is 0.956. The van der Waals surface area contributed by atoms with Gasteiger partial charge in [-0.15, -0.1) is 11.3 Å². The first kappa shape index (κ1) is 12.3. The zero-order valence-corrected chi connectivity index (χ0v) is 11.7. The summed E-state index contributed by atoms with van der Waals surface area (Å²) in [5.41, 5.74) is 1.20. The number of carbonyl (C=O) groups excluding carboxylic acids is 1. The fraction of sp³-hybridized carbons (Fsp3) is 0.154. The van der Waals surface area contributed by atoms with Crippen LogP contribution >= 0.6 is 27.3 Å². The third kappa shape index (κ3) is 2.96. The molecule has 0 radical (unpaired) electrons. The third-order valence-corrected chi connectivity index (χ3v) is 3.80. The molecule has 2 aromatic rings. The number of aryl methyl sites for hydroxylation is 1. The predicted octanol–water partition coefficient (Wildman–Crippen LogP) is 4.29. The maximum atomic E-state index is 11.7. The highest BCUT2D eigenvalue weighted by atomic mass is 79.9. The van der Waals surface area contributed by atoms with Crippen molar-refractivity contribution in [1.82, 2.24) is 0 Å². The monoisotopic (exact) mass is 310 g/mol. The smallest absolute Gasteiger partial charge is 0.353 e. The molecule has 0 bridgehead atoms. The van der Waals surface area contributed by atoms with Crippen molar-refractivity contribution >= 4 is 33.2 Å². The van der Waals surface area contributed by atoms with Gasteiger partial charge in [-0.3, -0.25) is 0 Å². The van der Waals surface area contributed by atoms with Crippen LogP contribution in [0.25, 0.3) is 0 Å². The summed E-state index contributed by atoms with van der Waals surface area (Å²) in [5.74, 6) is 0.241. The Kier molecular flexibility index (Phi) is 3.97. The van der Waals surface area contributed by atoms with Crippen LogP contribution in [0, 0.1) is 0 Å². The van der Waals surface area contributed by atoms with E-state index in [1.165, 1.54) is 16.9 Å². The molecule has 0 aliphatic rings. The molecular weight excluding hydrogens is 300 g/mol. The highest BCUT2D eigenvalue weighted by Gasteiger charge is 2.11. The van der Waals surface area contributed by atoms with Gasteiger partial charge in [0.15, 0.2) is 0 Å². The van der Waals surface area contributed by atoms with Crippen LogP contribution < -0.4 is 4.74 Å². The van der Waals surface area contributed by atoms with E-state index in [1.54, 1.807) is 6.07 Å². The predicted molar refractivity (Wildman–Crippen MR) is 72.8 cm³/mol. The van der Waals surface area contributed by atoms with Gasteiger partial charge in [0, 0.05) is 0 Å². The molecule has 1 aromatic carbocycles. The second kappa shape index (κ2) is 5.47. The minimum absolute atomic E-state index is 0.315. The largest absolute Gasteiger partial charge is 0.421 e. The fourth-order valence-corrected chi connectivity index (χ4v) is 2.50. The number of esters is 1. The van der Waals surface area contributed by atoms with Crippen LogP contribution in [0.3, 0.4) is 0 Å². The molecular formula is C13H11BrO2S. The van der Waals surface area contributed by atoms with Gasteiger partial charge in [-0.2, -0.15) is 0 Å². The molecule has 0 N–H and O–H groups in total. The van der Waals surface area contributed by atoms with Gasteiger partial charge in [-0.1, -0.05) is 19.1 Å². The van der Waals surface area contributed by atoms with E-state index in [0.717, 1.165) is 10.9 Å². The Morgan fingerprint density at radius 1 is 1.41 bits per heavy atom. The third-order valence-electron chi connectivity index (χ3n) is 2.33. The van der Waals surface area contributed by atoms with E-state index in [4.69, 9.17) is 4.74 Å². The molecule has 88 valence electrons. The molecule has 4 heteroatoms. The normalized spacial score (nSPS) is 10.2. The van der Waals surface area contributed by atoms with Crippen LogP contribution in [-0.2, 0) is 6.42 Å². The molecule has 0 atom stereocenters. The lowest BCUT2D eigenvalue weighted by Crippen LogP contribution is -2.06. The van der Waals surface area contributed by atoms with Crippen LogP contribution in [-0.4, -0.2) is 5.97 Å². The molecule has 0 aliphatic heterocycles. The second-order valence-corrected chi connectivity index (χ2v) is 5.29. The lowest BCUT2D eigenvalue weighted by molar-refractivity contribution is 0.0738. The number of hydrogen-bond acceptors (Lipinski definition) is 3. The van der Waals surface area contributed by atoms with Gasteiger partial charge in [-0.05, 0) is 51.5 Å². The van der Waals surface area contributed by atoms with Crippen molar-refractivity contribution in [2.75, 3.05) is 0 Å². The zero-order chi connectivity index (χ0) is 12.3. The molecule has 0 fully saturated rings. The van der Waals surface area contributed by atoms with Crippen molar-refractivity contribution in [2.45, 2.75) is 13.3 Å². The number of carbonyl (C=O) groups is 1. The molecule has 1 heterocycles. The minimum Gasteiger partial charge on any atom is -0.421 e. The zero-order valence-electron chi connectivity index (χ0n) is 9.27. The number of thiophene rings is 1. The SMILES string of the molecule is CCc1ccc(OC(=O)c2cccs2)c(Br)c1. The number of hydrogen-bond donors (Lipinski definition) is 0. The Morgan fingerprint density at radius 3 is 2.82 bits per heavy atom. The van der Waals surface area contributed by atoms with Gasteiger partial charge in [-0.25, -0.2) is 4.79 Å². The van der Waals surface area contributed by atoms with Gasteiger partial charge in [0.1, 0.15) is 10.6 Å². The number of rotatable bonds is 3. The van der Waals surface area contributed by atoms with Crippen LogP contribution in [0.5, 0.6) is 5.75 Å². The van der Waals surface area contributed by atoms with E-state index in [9.17, 15) is 4.79 Å². The van der Waals surface area contributed by atoms with Crippen LogP contribution in [0.4, 0.5) is 0 Å². The molecule has 0 saturated carbocycles. The number of halogens is 1. The van der Waals surface area contributed by atoms with E-state index in [2.05, 4.69) is 22.9 Å². The van der Waals surface area contributed by atoms with Gasteiger partial charge < -0.3 is 4.74 Å². The Morgan fingerprint density at radius 2 is 2.24 bits per heavy atom. The van der Waals surface area contributed by atoms with Crippen molar-refractivity contribution in [3.63, 3.8) is 0 Å². The maximum absolute atomic E-state index is 11.7. The van der Waals surface area contributed by atoms with Crippen molar-refractivity contribution in [3.8, 4) is 5.75 Å². The standard InChI is InChI=1S/C13H11BrO2S/c1-2-9-5-6-11(10(14)8-9)16-13(15)12-4-3-7-17-12/h3-8H,2H2,1H3. The summed E-state index contributed by atoms with van der Waals surface area (Å²) in [7, 11) is 0. The Bertz CT molecular complexity index is 520. The number of ether oxygens (including phenoxy) is 1. The average Bonchev–Trinajstić information content (AvgIpc) is 2.85. The van der Waals surface area contributed by atoms with Gasteiger partial charge in [0.25, 0.3) is 0 Å². The molecule has 2 rings (SSSR count). The topological polar surface area (TPSA) is 26.3 Å². The van der Waals surface area contributed by atoms with Crippen LogP contribution in [0.1, 0.15) is 22.2 Å². The first-order valence-electron chi connectivity index (χ1n) is 5.25. The summed E-state index contributed by atoms with van der Waals surface area (Å²) in [5, 5.41) is 1.85. The molecule has 2 nitrogen and oxygen atoms in total. The van der Waals surface area contributed by atoms with Gasteiger partial charge in [0.2, 0.25) is 0 Å².